The highest BCUT2D eigenvalue weighted by molar-refractivity contribution is 5.69. The number of hydrogen-bond acceptors (Lipinski definition) is 6. The number of nitro groups is 2. The van der Waals surface area contributed by atoms with Crippen molar-refractivity contribution in [3.05, 3.63) is 36.9 Å². The first-order chi connectivity index (χ1) is 8.73. The highest BCUT2D eigenvalue weighted by Crippen LogP contribution is 2.44. The third-order valence-electron chi connectivity index (χ3n) is 3.18. The summed E-state index contributed by atoms with van der Waals surface area (Å²) in [5.74, 6) is -0.521. The number of nitrogens with one attached hydrogen (secondary N) is 1. The number of phenols is 1. The maximum absolute atomic E-state index is 11.1. The molecule has 0 aliphatic carbocycles. The molecule has 0 amide bonds. The van der Waals surface area contributed by atoms with Gasteiger partial charge < -0.3 is 10.4 Å². The molecule has 1 rings (SSSR count). The van der Waals surface area contributed by atoms with E-state index in [0.29, 0.717) is 0 Å². The molecule has 0 aromatic heterocycles. The lowest BCUT2D eigenvalue weighted by Crippen LogP contribution is -2.16. The number of phenolic OH excluding ortho intramolecular Hbond substituents is 1. The van der Waals surface area contributed by atoms with Crippen molar-refractivity contribution >= 4 is 11.4 Å². The van der Waals surface area contributed by atoms with Crippen LogP contribution in [-0.2, 0) is 0 Å². The predicted octanol–water partition coefficient (Wildman–Crippen LogP) is 2.11. The van der Waals surface area contributed by atoms with Crippen molar-refractivity contribution in [3.8, 4) is 5.75 Å². The van der Waals surface area contributed by atoms with E-state index in [9.17, 15) is 25.3 Å². The molecule has 0 bridgehead atoms. The number of nitrogens with zero attached hydrogens (tertiary/aromatic N) is 2. The fourth-order valence-electron chi connectivity index (χ4n) is 2.18. The van der Waals surface area contributed by atoms with Gasteiger partial charge >= 0.3 is 5.69 Å². The van der Waals surface area contributed by atoms with E-state index >= 15 is 0 Å². The Morgan fingerprint density at radius 1 is 1.11 bits per heavy atom. The van der Waals surface area contributed by atoms with E-state index < -0.39 is 27.3 Å². The monoisotopic (exact) mass is 269 g/mol. The molecular formula is C11H15N3O5. The molecule has 2 N–H and O–H groups in total. The van der Waals surface area contributed by atoms with Gasteiger partial charge in [0.1, 0.15) is 5.56 Å². The summed E-state index contributed by atoms with van der Waals surface area (Å²) in [6.45, 7) is 4.39. The lowest BCUT2D eigenvalue weighted by molar-refractivity contribution is -0.396. The Hall–Kier alpha value is -2.22. The summed E-state index contributed by atoms with van der Waals surface area (Å²) in [5, 5.41) is 34.9. The zero-order chi connectivity index (χ0) is 14.9. The molecule has 0 aliphatic rings. The van der Waals surface area contributed by atoms with Crippen LogP contribution in [0.5, 0.6) is 5.75 Å². The summed E-state index contributed by atoms with van der Waals surface area (Å²) < 4.78 is 0. The molecule has 0 heterocycles. The lowest BCUT2D eigenvalue weighted by Gasteiger charge is -2.17. The van der Waals surface area contributed by atoms with E-state index in [1.165, 1.54) is 13.8 Å². The Bertz CT molecular complexity index is 515. The standard InChI is InChI=1S/C11H15N3O5/c1-5-8(7(3)12-4)11(15)10(14(18)19)6(2)9(5)13(16)17/h7,12,15H,1-4H3/t7-/m0/s1. The van der Waals surface area contributed by atoms with Crippen LogP contribution in [0.3, 0.4) is 0 Å². The van der Waals surface area contributed by atoms with Gasteiger partial charge in [0, 0.05) is 17.2 Å². The second-order valence-corrected chi connectivity index (χ2v) is 4.23. The van der Waals surface area contributed by atoms with Crippen molar-refractivity contribution in [3.63, 3.8) is 0 Å². The molecule has 8 heteroatoms. The lowest BCUT2D eigenvalue weighted by atomic mass is 9.95. The number of rotatable bonds is 4. The van der Waals surface area contributed by atoms with E-state index in [1.807, 2.05) is 0 Å². The van der Waals surface area contributed by atoms with Crippen molar-refractivity contribution in [1.82, 2.24) is 5.32 Å². The molecule has 0 saturated heterocycles. The van der Waals surface area contributed by atoms with Crippen molar-refractivity contribution in [2.24, 2.45) is 0 Å². The minimum atomic E-state index is -0.803. The van der Waals surface area contributed by atoms with Gasteiger partial charge in [0.05, 0.1) is 9.85 Å². The van der Waals surface area contributed by atoms with Crippen molar-refractivity contribution in [2.45, 2.75) is 26.8 Å². The number of nitro benzene ring substituents is 2. The maximum atomic E-state index is 11.1. The fourth-order valence-corrected chi connectivity index (χ4v) is 2.18. The molecule has 0 radical (unpaired) electrons. The molecule has 0 fully saturated rings. The number of hydrogen-bond donors (Lipinski definition) is 2. The summed E-state index contributed by atoms with van der Waals surface area (Å²) in [6.07, 6.45) is 0. The van der Waals surface area contributed by atoms with E-state index in [4.69, 9.17) is 0 Å². The SMILES string of the molecule is CN[C@@H](C)c1c(C)c([N+](=O)[O-])c(C)c([N+](=O)[O-])c1O. The number of benzene rings is 1. The predicted molar refractivity (Wildman–Crippen MR) is 68.4 cm³/mol. The first kappa shape index (κ1) is 14.8. The van der Waals surface area contributed by atoms with Crippen LogP contribution in [0.2, 0.25) is 0 Å². The van der Waals surface area contributed by atoms with Crippen molar-refractivity contribution in [2.75, 3.05) is 7.05 Å². The largest absolute Gasteiger partial charge is 0.502 e. The van der Waals surface area contributed by atoms with Crippen LogP contribution in [0, 0.1) is 34.1 Å². The molecular weight excluding hydrogens is 254 g/mol. The summed E-state index contributed by atoms with van der Waals surface area (Å²) in [7, 11) is 1.60. The molecule has 0 unspecified atom stereocenters. The average molecular weight is 269 g/mol. The van der Waals surface area contributed by atoms with Gasteiger partial charge in [-0.2, -0.15) is 0 Å². The Morgan fingerprint density at radius 3 is 1.95 bits per heavy atom. The third-order valence-corrected chi connectivity index (χ3v) is 3.18. The number of aromatic hydroxyl groups is 1. The topological polar surface area (TPSA) is 119 Å². The first-order valence-corrected chi connectivity index (χ1v) is 5.56. The molecule has 19 heavy (non-hydrogen) atoms. The minimum Gasteiger partial charge on any atom is -0.502 e. The Balaban J connectivity index is 3.84. The molecule has 1 aromatic carbocycles. The summed E-state index contributed by atoms with van der Waals surface area (Å²) in [5.41, 5.74) is -0.688. The van der Waals surface area contributed by atoms with Gasteiger partial charge in [-0.15, -0.1) is 0 Å². The van der Waals surface area contributed by atoms with E-state index in [-0.39, 0.29) is 22.4 Å². The Kier molecular flexibility index (Phi) is 4.05. The van der Waals surface area contributed by atoms with Gasteiger partial charge in [0.15, 0.2) is 5.75 Å². The molecule has 1 aromatic rings. The zero-order valence-corrected chi connectivity index (χ0v) is 11.1. The van der Waals surface area contributed by atoms with Crippen molar-refractivity contribution < 1.29 is 15.0 Å². The van der Waals surface area contributed by atoms with Crippen LogP contribution in [0.4, 0.5) is 11.4 Å². The smallest absolute Gasteiger partial charge is 0.320 e. The summed E-state index contributed by atoms with van der Waals surface area (Å²) in [6, 6.07) is -0.446. The van der Waals surface area contributed by atoms with E-state index in [0.717, 1.165) is 0 Å². The fraction of sp³-hybridized carbons (Fsp3) is 0.455. The third kappa shape index (κ3) is 2.34. The van der Waals surface area contributed by atoms with E-state index in [1.54, 1.807) is 14.0 Å². The van der Waals surface area contributed by atoms with Gasteiger partial charge in [-0.1, -0.05) is 0 Å². The zero-order valence-electron chi connectivity index (χ0n) is 11.1. The van der Waals surface area contributed by atoms with Crippen LogP contribution in [0.15, 0.2) is 0 Å². The molecule has 8 nitrogen and oxygen atoms in total. The van der Waals surface area contributed by atoms with Crippen LogP contribution in [0.1, 0.15) is 29.7 Å². The van der Waals surface area contributed by atoms with Crippen LogP contribution < -0.4 is 5.32 Å². The van der Waals surface area contributed by atoms with Crippen LogP contribution in [0.25, 0.3) is 0 Å². The second kappa shape index (κ2) is 5.19. The van der Waals surface area contributed by atoms with Crippen molar-refractivity contribution in [1.29, 1.82) is 0 Å². The normalized spacial score (nSPS) is 12.2. The Morgan fingerprint density at radius 2 is 1.58 bits per heavy atom. The Labute approximate surface area is 109 Å². The minimum absolute atomic E-state index is 0.142. The molecule has 1 atom stereocenters. The summed E-state index contributed by atoms with van der Waals surface area (Å²) in [4.78, 5) is 20.6. The average Bonchev–Trinajstić information content (AvgIpc) is 2.26. The quantitative estimate of drug-likeness (QED) is 0.638. The molecule has 104 valence electrons. The molecule has 0 aliphatic heterocycles. The highest BCUT2D eigenvalue weighted by atomic mass is 16.6. The molecule has 0 saturated carbocycles. The first-order valence-electron chi connectivity index (χ1n) is 5.56. The molecule has 0 spiro atoms. The van der Waals surface area contributed by atoms with Crippen LogP contribution in [-0.4, -0.2) is 22.0 Å². The van der Waals surface area contributed by atoms with Crippen LogP contribution >= 0.6 is 0 Å². The highest BCUT2D eigenvalue weighted by Gasteiger charge is 2.34. The van der Waals surface area contributed by atoms with E-state index in [2.05, 4.69) is 5.32 Å². The van der Waals surface area contributed by atoms with Gasteiger partial charge in [-0.05, 0) is 27.8 Å². The second-order valence-electron chi connectivity index (χ2n) is 4.23. The summed E-state index contributed by atoms with van der Waals surface area (Å²) >= 11 is 0. The van der Waals surface area contributed by atoms with Gasteiger partial charge in [0.25, 0.3) is 5.69 Å². The van der Waals surface area contributed by atoms with Gasteiger partial charge in [-0.3, -0.25) is 20.2 Å². The van der Waals surface area contributed by atoms with Gasteiger partial charge in [-0.25, -0.2) is 0 Å². The van der Waals surface area contributed by atoms with Gasteiger partial charge in [0.2, 0.25) is 0 Å². The maximum Gasteiger partial charge on any atom is 0.320 e.